The predicted molar refractivity (Wildman–Crippen MR) is 79.1 cm³/mol. The topological polar surface area (TPSA) is 57.6 Å². The van der Waals surface area contributed by atoms with Gasteiger partial charge < -0.3 is 10.0 Å². The lowest BCUT2D eigenvalue weighted by atomic mass is 10.1. The number of carboxylic acid groups (broad SMARTS) is 1. The molecule has 1 aliphatic rings. The minimum atomic E-state index is -0.980. The van der Waals surface area contributed by atoms with Gasteiger partial charge in [-0.3, -0.25) is 9.59 Å². The molecule has 1 saturated carbocycles. The molecule has 1 aliphatic carbocycles. The van der Waals surface area contributed by atoms with Crippen molar-refractivity contribution in [3.8, 4) is 0 Å². The molecule has 5 heteroatoms. The number of benzene rings is 1. The molecule has 0 bridgehead atoms. The van der Waals surface area contributed by atoms with E-state index in [2.05, 4.69) is 15.9 Å². The highest BCUT2D eigenvalue weighted by molar-refractivity contribution is 9.10. The van der Waals surface area contributed by atoms with Crippen LogP contribution in [0.2, 0.25) is 0 Å². The minimum Gasteiger partial charge on any atom is -0.480 e. The zero-order valence-corrected chi connectivity index (χ0v) is 13.2. The van der Waals surface area contributed by atoms with Crippen LogP contribution in [-0.2, 0) is 16.1 Å². The largest absolute Gasteiger partial charge is 0.480 e. The Labute approximate surface area is 126 Å². The number of carbonyl (C=O) groups is 2. The van der Waals surface area contributed by atoms with Gasteiger partial charge in [0.1, 0.15) is 6.54 Å². The zero-order chi connectivity index (χ0) is 14.9. The summed E-state index contributed by atoms with van der Waals surface area (Å²) in [7, 11) is 0. The third-order valence-electron chi connectivity index (χ3n) is 3.71. The maximum atomic E-state index is 12.4. The molecule has 0 spiro atoms. The third kappa shape index (κ3) is 3.60. The molecule has 4 nitrogen and oxygen atoms in total. The van der Waals surface area contributed by atoms with Crippen LogP contribution in [0.1, 0.15) is 25.8 Å². The summed E-state index contributed by atoms with van der Waals surface area (Å²) >= 11 is 3.38. The van der Waals surface area contributed by atoms with E-state index >= 15 is 0 Å². The third-order valence-corrected chi connectivity index (χ3v) is 4.21. The molecule has 1 amide bonds. The highest BCUT2D eigenvalue weighted by Crippen LogP contribution is 2.52. The van der Waals surface area contributed by atoms with Gasteiger partial charge in [0.25, 0.3) is 0 Å². The Bertz CT molecular complexity index is 542. The van der Waals surface area contributed by atoms with Crippen LogP contribution in [0.25, 0.3) is 0 Å². The van der Waals surface area contributed by atoms with E-state index < -0.39 is 5.97 Å². The van der Waals surface area contributed by atoms with Gasteiger partial charge in [-0.15, -0.1) is 0 Å². The number of hydrogen-bond acceptors (Lipinski definition) is 2. The van der Waals surface area contributed by atoms with Gasteiger partial charge in [0.05, 0.1) is 0 Å². The molecule has 0 aromatic heterocycles. The SMILES string of the molecule is CC1(C)C[C@@H]1C(=O)N(CC(=O)O)Cc1cccc(Br)c1. The van der Waals surface area contributed by atoms with Crippen molar-refractivity contribution in [3.63, 3.8) is 0 Å². The van der Waals surface area contributed by atoms with E-state index in [0.29, 0.717) is 6.54 Å². The Morgan fingerprint density at radius 3 is 2.60 bits per heavy atom. The highest BCUT2D eigenvalue weighted by Gasteiger charge is 2.52. The summed E-state index contributed by atoms with van der Waals surface area (Å²) in [5, 5.41) is 8.99. The number of rotatable bonds is 5. The normalized spacial score (nSPS) is 19.4. The second-order valence-electron chi connectivity index (χ2n) is 5.96. The number of carbonyl (C=O) groups excluding carboxylic acids is 1. The number of amides is 1. The Morgan fingerprint density at radius 2 is 2.10 bits per heavy atom. The maximum Gasteiger partial charge on any atom is 0.323 e. The molecule has 0 radical (unpaired) electrons. The number of hydrogen-bond donors (Lipinski definition) is 1. The molecule has 1 aromatic rings. The van der Waals surface area contributed by atoms with Crippen LogP contribution in [0, 0.1) is 11.3 Å². The highest BCUT2D eigenvalue weighted by atomic mass is 79.9. The van der Waals surface area contributed by atoms with E-state index in [0.717, 1.165) is 16.5 Å². The Hall–Kier alpha value is -1.36. The summed E-state index contributed by atoms with van der Waals surface area (Å²) in [6.45, 7) is 4.15. The molecular formula is C15H18BrNO3. The zero-order valence-electron chi connectivity index (χ0n) is 11.6. The summed E-state index contributed by atoms with van der Waals surface area (Å²) < 4.78 is 0.921. The van der Waals surface area contributed by atoms with Gasteiger partial charge in [-0.05, 0) is 29.5 Å². The Kier molecular flexibility index (Phi) is 4.18. The van der Waals surface area contributed by atoms with Gasteiger partial charge in [-0.2, -0.15) is 0 Å². The van der Waals surface area contributed by atoms with E-state index in [9.17, 15) is 9.59 Å². The molecule has 20 heavy (non-hydrogen) atoms. The molecule has 0 heterocycles. The standard InChI is InChI=1S/C15H18BrNO3/c1-15(2)7-12(15)14(20)17(9-13(18)19)8-10-4-3-5-11(16)6-10/h3-6,12H,7-9H2,1-2H3,(H,18,19)/t12-/m1/s1. The summed E-state index contributed by atoms with van der Waals surface area (Å²) in [6, 6.07) is 7.58. The molecule has 1 atom stereocenters. The Morgan fingerprint density at radius 1 is 1.45 bits per heavy atom. The fraction of sp³-hybridized carbons (Fsp3) is 0.467. The number of aliphatic carboxylic acids is 1. The average Bonchev–Trinajstić information content (AvgIpc) is 2.96. The van der Waals surface area contributed by atoms with Crippen molar-refractivity contribution in [2.45, 2.75) is 26.8 Å². The first-order valence-corrected chi connectivity index (χ1v) is 7.34. The fourth-order valence-corrected chi connectivity index (χ4v) is 2.79. The van der Waals surface area contributed by atoms with Crippen LogP contribution in [0.15, 0.2) is 28.7 Å². The lowest BCUT2D eigenvalue weighted by Gasteiger charge is -2.22. The van der Waals surface area contributed by atoms with Crippen molar-refractivity contribution in [2.24, 2.45) is 11.3 Å². The smallest absolute Gasteiger partial charge is 0.323 e. The molecule has 1 aromatic carbocycles. The Balaban J connectivity index is 2.12. The first-order chi connectivity index (χ1) is 9.29. The van der Waals surface area contributed by atoms with Gasteiger partial charge >= 0.3 is 5.97 Å². The summed E-state index contributed by atoms with van der Waals surface area (Å²) in [5.41, 5.74) is 0.929. The van der Waals surface area contributed by atoms with Crippen molar-refractivity contribution in [3.05, 3.63) is 34.3 Å². The van der Waals surface area contributed by atoms with Crippen molar-refractivity contribution >= 4 is 27.8 Å². The molecule has 108 valence electrons. The van der Waals surface area contributed by atoms with E-state index in [1.165, 1.54) is 4.90 Å². The van der Waals surface area contributed by atoms with Crippen LogP contribution in [0.3, 0.4) is 0 Å². The van der Waals surface area contributed by atoms with Gasteiger partial charge in [0.2, 0.25) is 5.91 Å². The molecule has 0 unspecified atom stereocenters. The molecule has 2 rings (SSSR count). The van der Waals surface area contributed by atoms with Crippen LogP contribution in [-0.4, -0.2) is 28.4 Å². The molecule has 1 N–H and O–H groups in total. The van der Waals surface area contributed by atoms with Crippen molar-refractivity contribution in [1.82, 2.24) is 4.90 Å². The van der Waals surface area contributed by atoms with Gasteiger partial charge in [0, 0.05) is 16.9 Å². The molecule has 1 fully saturated rings. The molecular weight excluding hydrogens is 322 g/mol. The average molecular weight is 340 g/mol. The van der Waals surface area contributed by atoms with Crippen molar-refractivity contribution < 1.29 is 14.7 Å². The lowest BCUT2D eigenvalue weighted by Crippen LogP contribution is -2.37. The number of carboxylic acids is 1. The predicted octanol–water partition coefficient (Wildman–Crippen LogP) is 2.91. The van der Waals surface area contributed by atoms with Crippen LogP contribution in [0.4, 0.5) is 0 Å². The summed E-state index contributed by atoms with van der Waals surface area (Å²) in [4.78, 5) is 24.8. The monoisotopic (exact) mass is 339 g/mol. The summed E-state index contributed by atoms with van der Waals surface area (Å²) in [6.07, 6.45) is 0.834. The van der Waals surface area contributed by atoms with E-state index in [4.69, 9.17) is 5.11 Å². The van der Waals surface area contributed by atoms with E-state index in [1.54, 1.807) is 0 Å². The second kappa shape index (κ2) is 5.56. The van der Waals surface area contributed by atoms with E-state index in [1.807, 2.05) is 38.1 Å². The lowest BCUT2D eigenvalue weighted by molar-refractivity contribution is -0.145. The number of nitrogens with zero attached hydrogens (tertiary/aromatic N) is 1. The van der Waals surface area contributed by atoms with E-state index in [-0.39, 0.29) is 23.8 Å². The first kappa shape index (κ1) is 15.0. The first-order valence-electron chi connectivity index (χ1n) is 6.54. The van der Waals surface area contributed by atoms with Crippen LogP contribution in [0.5, 0.6) is 0 Å². The summed E-state index contributed by atoms with van der Waals surface area (Å²) in [5.74, 6) is -1.09. The van der Waals surface area contributed by atoms with Crippen molar-refractivity contribution in [1.29, 1.82) is 0 Å². The molecule has 0 saturated heterocycles. The van der Waals surface area contributed by atoms with Crippen molar-refractivity contribution in [2.75, 3.05) is 6.54 Å². The number of halogens is 1. The minimum absolute atomic E-state index is 0.00507. The fourth-order valence-electron chi connectivity index (χ4n) is 2.34. The molecule has 0 aliphatic heterocycles. The van der Waals surface area contributed by atoms with Gasteiger partial charge in [0.15, 0.2) is 0 Å². The maximum absolute atomic E-state index is 12.4. The van der Waals surface area contributed by atoms with Crippen LogP contribution < -0.4 is 0 Å². The quantitative estimate of drug-likeness (QED) is 0.897. The van der Waals surface area contributed by atoms with Gasteiger partial charge in [-0.25, -0.2) is 0 Å². The second-order valence-corrected chi connectivity index (χ2v) is 6.88. The van der Waals surface area contributed by atoms with Gasteiger partial charge in [-0.1, -0.05) is 41.9 Å². The van der Waals surface area contributed by atoms with Crippen LogP contribution >= 0.6 is 15.9 Å².